The van der Waals surface area contributed by atoms with Crippen LogP contribution in [0.5, 0.6) is 0 Å². The Kier molecular flexibility index (Phi) is 5.76. The van der Waals surface area contributed by atoms with E-state index in [1.165, 1.54) is 23.1 Å². The molecule has 102 valence electrons. The molecule has 1 rings (SSSR count). The van der Waals surface area contributed by atoms with E-state index in [0.29, 0.717) is 30.8 Å². The van der Waals surface area contributed by atoms with Gasteiger partial charge >= 0.3 is 6.03 Å². The molecule has 0 saturated heterocycles. The third-order valence-corrected chi connectivity index (χ3v) is 2.47. The van der Waals surface area contributed by atoms with E-state index in [4.69, 9.17) is 5.26 Å². The summed E-state index contributed by atoms with van der Waals surface area (Å²) < 4.78 is 13.4. The number of rotatable bonds is 5. The Morgan fingerprint density at radius 2 is 2.16 bits per heavy atom. The number of carbonyl (C=O) groups excluding carboxylic acids is 1. The monoisotopic (exact) mass is 264 g/mol. The molecule has 5 nitrogen and oxygen atoms in total. The zero-order chi connectivity index (χ0) is 14.3. The molecular formula is C13H17FN4O. The second-order valence-corrected chi connectivity index (χ2v) is 4.22. The molecule has 0 unspecified atom stereocenters. The molecule has 19 heavy (non-hydrogen) atoms. The lowest BCUT2D eigenvalue weighted by Crippen LogP contribution is -2.38. The number of carbonyl (C=O) groups is 1. The van der Waals surface area contributed by atoms with Crippen molar-refractivity contribution >= 4 is 6.03 Å². The van der Waals surface area contributed by atoms with E-state index < -0.39 is 0 Å². The first-order valence-electron chi connectivity index (χ1n) is 5.89. The van der Waals surface area contributed by atoms with Crippen LogP contribution in [0.15, 0.2) is 18.2 Å². The van der Waals surface area contributed by atoms with Crippen LogP contribution in [0.25, 0.3) is 0 Å². The van der Waals surface area contributed by atoms with Crippen LogP contribution in [0.4, 0.5) is 9.18 Å². The van der Waals surface area contributed by atoms with Crippen molar-refractivity contribution in [1.29, 1.82) is 5.26 Å². The number of halogens is 1. The molecule has 6 heteroatoms. The molecule has 0 aliphatic heterocycles. The highest BCUT2D eigenvalue weighted by atomic mass is 19.1. The van der Waals surface area contributed by atoms with Crippen molar-refractivity contribution in [2.75, 3.05) is 27.2 Å². The Morgan fingerprint density at radius 1 is 1.42 bits per heavy atom. The van der Waals surface area contributed by atoms with Crippen molar-refractivity contribution in [2.45, 2.75) is 6.54 Å². The Bertz CT molecular complexity index is 482. The SMILES string of the molecule is CN(C)C(=O)NCCNCc1cc(C#N)ccc1F. The Labute approximate surface area is 112 Å². The van der Waals surface area contributed by atoms with Crippen LogP contribution < -0.4 is 10.6 Å². The Morgan fingerprint density at radius 3 is 2.79 bits per heavy atom. The number of urea groups is 1. The van der Waals surface area contributed by atoms with Crippen LogP contribution in [-0.2, 0) is 6.54 Å². The standard InChI is InChI=1S/C13H17FN4O/c1-18(2)13(19)17-6-5-16-9-11-7-10(8-15)3-4-12(11)14/h3-4,7,16H,5-6,9H2,1-2H3,(H,17,19). The van der Waals surface area contributed by atoms with E-state index in [1.54, 1.807) is 14.1 Å². The number of hydrogen-bond donors (Lipinski definition) is 2. The van der Waals surface area contributed by atoms with Crippen LogP contribution in [0.3, 0.4) is 0 Å². The average Bonchev–Trinajstić information content (AvgIpc) is 2.39. The molecule has 0 bridgehead atoms. The van der Waals surface area contributed by atoms with Gasteiger partial charge in [0.2, 0.25) is 0 Å². The van der Waals surface area contributed by atoms with E-state index in [-0.39, 0.29) is 11.8 Å². The third kappa shape index (κ3) is 4.94. The van der Waals surface area contributed by atoms with E-state index in [0.717, 1.165) is 0 Å². The largest absolute Gasteiger partial charge is 0.337 e. The minimum absolute atomic E-state index is 0.167. The van der Waals surface area contributed by atoms with Gasteiger partial charge in [-0.1, -0.05) is 0 Å². The van der Waals surface area contributed by atoms with Gasteiger partial charge in [0.05, 0.1) is 11.6 Å². The molecule has 0 aliphatic rings. The van der Waals surface area contributed by atoms with Gasteiger partial charge in [0, 0.05) is 39.3 Å². The van der Waals surface area contributed by atoms with Crippen molar-refractivity contribution < 1.29 is 9.18 Å². The molecule has 0 fully saturated rings. The average molecular weight is 264 g/mol. The number of nitrogens with zero attached hydrogens (tertiary/aromatic N) is 2. The molecule has 0 aromatic heterocycles. The summed E-state index contributed by atoms with van der Waals surface area (Å²) in [6.07, 6.45) is 0. The number of benzene rings is 1. The molecule has 2 N–H and O–H groups in total. The third-order valence-electron chi connectivity index (χ3n) is 2.47. The lowest BCUT2D eigenvalue weighted by Gasteiger charge is -2.12. The van der Waals surface area contributed by atoms with E-state index >= 15 is 0 Å². The first-order valence-corrected chi connectivity index (χ1v) is 5.89. The number of nitriles is 1. The molecule has 0 atom stereocenters. The van der Waals surface area contributed by atoms with Crippen LogP contribution in [-0.4, -0.2) is 38.1 Å². The Hall–Kier alpha value is -2.13. The number of hydrogen-bond acceptors (Lipinski definition) is 3. The fourth-order valence-corrected chi connectivity index (χ4v) is 1.42. The van der Waals surface area contributed by atoms with Crippen LogP contribution >= 0.6 is 0 Å². The van der Waals surface area contributed by atoms with Crippen molar-refractivity contribution in [3.8, 4) is 6.07 Å². The molecular weight excluding hydrogens is 247 g/mol. The molecule has 0 aliphatic carbocycles. The molecule has 0 saturated carbocycles. The number of amides is 2. The van der Waals surface area contributed by atoms with Crippen LogP contribution in [0, 0.1) is 17.1 Å². The maximum absolute atomic E-state index is 13.4. The van der Waals surface area contributed by atoms with Gasteiger partial charge in [-0.2, -0.15) is 5.26 Å². The number of nitrogens with one attached hydrogen (secondary N) is 2. The zero-order valence-electron chi connectivity index (χ0n) is 11.0. The zero-order valence-corrected chi connectivity index (χ0v) is 11.0. The predicted octanol–water partition coefficient (Wildman–Crippen LogP) is 1.06. The smallest absolute Gasteiger partial charge is 0.316 e. The van der Waals surface area contributed by atoms with E-state index in [1.807, 2.05) is 6.07 Å². The highest BCUT2D eigenvalue weighted by Crippen LogP contribution is 2.09. The summed E-state index contributed by atoms with van der Waals surface area (Å²) in [5.41, 5.74) is 0.872. The van der Waals surface area contributed by atoms with Gasteiger partial charge < -0.3 is 15.5 Å². The highest BCUT2D eigenvalue weighted by molar-refractivity contribution is 5.73. The van der Waals surface area contributed by atoms with Gasteiger partial charge in [0.15, 0.2) is 0 Å². The minimum Gasteiger partial charge on any atom is -0.337 e. The van der Waals surface area contributed by atoms with Gasteiger partial charge in [0.1, 0.15) is 5.82 Å². The first-order chi connectivity index (χ1) is 9.04. The van der Waals surface area contributed by atoms with Crippen LogP contribution in [0.2, 0.25) is 0 Å². The van der Waals surface area contributed by atoms with E-state index in [2.05, 4.69) is 10.6 Å². The summed E-state index contributed by atoms with van der Waals surface area (Å²) in [4.78, 5) is 12.6. The maximum Gasteiger partial charge on any atom is 0.316 e. The predicted molar refractivity (Wildman–Crippen MR) is 69.9 cm³/mol. The second-order valence-electron chi connectivity index (χ2n) is 4.22. The second kappa shape index (κ2) is 7.34. The van der Waals surface area contributed by atoms with Crippen molar-refractivity contribution in [1.82, 2.24) is 15.5 Å². The normalized spacial score (nSPS) is 9.79. The Balaban J connectivity index is 2.34. The van der Waals surface area contributed by atoms with Gasteiger partial charge in [-0.25, -0.2) is 9.18 Å². The van der Waals surface area contributed by atoms with Crippen molar-refractivity contribution in [2.24, 2.45) is 0 Å². The van der Waals surface area contributed by atoms with E-state index in [9.17, 15) is 9.18 Å². The van der Waals surface area contributed by atoms with Gasteiger partial charge in [-0.05, 0) is 18.2 Å². The quantitative estimate of drug-likeness (QED) is 0.781. The topological polar surface area (TPSA) is 68.2 Å². The first kappa shape index (κ1) is 14.9. The van der Waals surface area contributed by atoms with Crippen molar-refractivity contribution in [3.05, 3.63) is 35.1 Å². The summed E-state index contributed by atoms with van der Waals surface area (Å²) in [6, 6.07) is 6.04. The maximum atomic E-state index is 13.4. The van der Waals surface area contributed by atoms with Gasteiger partial charge in [-0.3, -0.25) is 0 Å². The summed E-state index contributed by atoms with van der Waals surface area (Å²) in [6.45, 7) is 1.30. The van der Waals surface area contributed by atoms with Crippen LogP contribution in [0.1, 0.15) is 11.1 Å². The summed E-state index contributed by atoms with van der Waals surface area (Å²) >= 11 is 0. The minimum atomic E-state index is -0.344. The van der Waals surface area contributed by atoms with Crippen molar-refractivity contribution in [3.63, 3.8) is 0 Å². The summed E-state index contributed by atoms with van der Waals surface area (Å²) in [5, 5.41) is 14.4. The fourth-order valence-electron chi connectivity index (χ4n) is 1.42. The molecule has 2 amide bonds. The van der Waals surface area contributed by atoms with Gasteiger partial charge in [-0.15, -0.1) is 0 Å². The lowest BCUT2D eigenvalue weighted by molar-refractivity contribution is 0.217. The molecule has 1 aromatic rings. The molecule has 0 heterocycles. The summed E-state index contributed by atoms with van der Waals surface area (Å²) in [5.74, 6) is -0.344. The van der Waals surface area contributed by atoms with Gasteiger partial charge in [0.25, 0.3) is 0 Å². The molecule has 1 aromatic carbocycles. The molecule has 0 spiro atoms. The summed E-state index contributed by atoms with van der Waals surface area (Å²) in [7, 11) is 3.32. The molecule has 0 radical (unpaired) electrons. The lowest BCUT2D eigenvalue weighted by atomic mass is 10.1. The fraction of sp³-hybridized carbons (Fsp3) is 0.385. The highest BCUT2D eigenvalue weighted by Gasteiger charge is 2.04.